The van der Waals surface area contributed by atoms with Crippen LogP contribution in [0.25, 0.3) is 22.5 Å². The van der Waals surface area contributed by atoms with Gasteiger partial charge in [-0.3, -0.25) is 24.7 Å². The Bertz CT molecular complexity index is 2780. The molecule has 0 radical (unpaired) electrons. The standard InChI is InChI=1S/C25H19F5N4O.C14H16F2N2.C11H8N2O2.3CH4.ClH/c26-20-12-17(25(28,29)30)13-21(27)19(20)14-24(15-31)5-10-34(11-6-24)23(35)18-2-1-7-33-22(18)16-3-8-32-9-4-16;1-10-6-12(15)11(13(16)7-10)8-14(9-17)2-4-18-5-3-14;14-11(15)9-2-1-5-13-10(9)8-3-6-12-7-4-8;;;;/h1-4,7-9,12-13H,5-6,10-11,14H2;6-7,18H,2-5,8H2,1H3;1-7H,(H,14,15);3*1H4;1H. The second-order valence-electron chi connectivity index (χ2n) is 16.4. The van der Waals surface area contributed by atoms with E-state index in [1.165, 1.54) is 23.1 Å². The number of hydrogen-bond acceptors (Lipinski definition) is 9. The Balaban J connectivity index is 0.000000404. The number of carboxylic acid groups (broad SMARTS) is 1. The van der Waals surface area contributed by atoms with Crippen molar-refractivity contribution in [2.24, 2.45) is 10.8 Å². The molecule has 0 atom stereocenters. The first-order valence-corrected chi connectivity index (χ1v) is 21.2. The minimum Gasteiger partial charge on any atom is -0.478 e. The predicted molar refractivity (Wildman–Crippen MR) is 263 cm³/mol. The van der Waals surface area contributed by atoms with E-state index in [1.807, 2.05) is 0 Å². The van der Waals surface area contributed by atoms with Crippen molar-refractivity contribution in [3.63, 3.8) is 0 Å². The van der Waals surface area contributed by atoms with E-state index >= 15 is 0 Å². The zero-order valence-corrected chi connectivity index (χ0v) is 37.7. The molecule has 2 aliphatic heterocycles. The van der Waals surface area contributed by atoms with E-state index in [0.717, 1.165) is 18.7 Å². The van der Waals surface area contributed by atoms with Gasteiger partial charge in [0.25, 0.3) is 5.91 Å². The zero-order chi connectivity index (χ0) is 49.1. The molecule has 0 saturated carbocycles. The Hall–Kier alpha value is -7.28. The number of rotatable bonds is 8. The van der Waals surface area contributed by atoms with Crippen LogP contribution in [0.3, 0.4) is 0 Å². The highest BCUT2D eigenvalue weighted by molar-refractivity contribution is 6.00. The molecule has 0 aliphatic carbocycles. The summed E-state index contributed by atoms with van der Waals surface area (Å²) in [7, 11) is 0. The second kappa shape index (κ2) is 26.8. The first kappa shape index (κ1) is 60.8. The van der Waals surface area contributed by atoms with Gasteiger partial charge in [-0.25, -0.2) is 22.4 Å². The fourth-order valence-electron chi connectivity index (χ4n) is 8.02. The molecule has 6 heterocycles. The van der Waals surface area contributed by atoms with Gasteiger partial charge in [0.05, 0.1) is 51.0 Å². The number of likely N-dealkylation sites (tertiary alicyclic amines) is 1. The number of hydrogen-bond donors (Lipinski definition) is 2. The summed E-state index contributed by atoms with van der Waals surface area (Å²) in [5, 5.41) is 31.3. The quantitative estimate of drug-likeness (QED) is 0.140. The monoisotopic (exact) mass is 1020 g/mol. The summed E-state index contributed by atoms with van der Waals surface area (Å²) in [5.74, 6) is -5.05. The number of benzene rings is 2. The van der Waals surface area contributed by atoms with Crippen molar-refractivity contribution in [1.29, 1.82) is 10.5 Å². The van der Waals surface area contributed by atoms with Crippen LogP contribution in [-0.2, 0) is 19.0 Å². The summed E-state index contributed by atoms with van der Waals surface area (Å²) in [6.45, 7) is 3.38. The number of carbonyl (C=O) groups excluding carboxylic acids is 1. The van der Waals surface area contributed by atoms with Crippen LogP contribution in [-0.4, -0.2) is 68.0 Å². The molecule has 0 unspecified atom stereocenters. The number of alkyl halides is 3. The van der Waals surface area contributed by atoms with Gasteiger partial charge in [0.1, 0.15) is 23.3 Å². The fourth-order valence-corrected chi connectivity index (χ4v) is 8.02. The van der Waals surface area contributed by atoms with E-state index in [1.54, 1.807) is 86.6 Å². The number of piperidine rings is 2. The molecular formula is C53H56ClF7N8O3. The molecule has 2 aliphatic rings. The molecule has 19 heteroatoms. The molecular weight excluding hydrogens is 965 g/mol. The third-order valence-electron chi connectivity index (χ3n) is 11.8. The first-order valence-electron chi connectivity index (χ1n) is 21.2. The van der Waals surface area contributed by atoms with Gasteiger partial charge in [-0.05, 0) is 137 Å². The Morgan fingerprint density at radius 1 is 0.667 bits per heavy atom. The van der Waals surface area contributed by atoms with Crippen LogP contribution in [0.5, 0.6) is 0 Å². The summed E-state index contributed by atoms with van der Waals surface area (Å²) >= 11 is 0. The van der Waals surface area contributed by atoms with Gasteiger partial charge in [0.2, 0.25) is 0 Å². The van der Waals surface area contributed by atoms with E-state index in [4.69, 9.17) is 5.11 Å². The van der Waals surface area contributed by atoms with Crippen LogP contribution in [0.1, 0.15) is 90.9 Å². The number of nitrogens with one attached hydrogen (secondary N) is 1. The number of aryl methyl sites for hydroxylation is 1. The van der Waals surface area contributed by atoms with E-state index in [-0.39, 0.29) is 96.2 Å². The van der Waals surface area contributed by atoms with Crippen molar-refractivity contribution >= 4 is 24.3 Å². The molecule has 2 aromatic carbocycles. The second-order valence-corrected chi connectivity index (χ2v) is 16.4. The molecule has 72 heavy (non-hydrogen) atoms. The van der Waals surface area contributed by atoms with Gasteiger partial charge in [-0.15, -0.1) is 12.4 Å². The summed E-state index contributed by atoms with van der Waals surface area (Å²) in [4.78, 5) is 41.9. The number of carboxylic acids is 1. The molecule has 2 N–H and O–H groups in total. The average molecular weight is 1020 g/mol. The largest absolute Gasteiger partial charge is 0.478 e. The molecule has 4 aromatic heterocycles. The molecule has 2 fully saturated rings. The molecule has 1 amide bonds. The lowest BCUT2D eigenvalue weighted by Gasteiger charge is -2.37. The van der Waals surface area contributed by atoms with Crippen molar-refractivity contribution in [1.82, 2.24) is 30.2 Å². The number of aromatic nitrogens is 4. The Morgan fingerprint density at radius 3 is 1.49 bits per heavy atom. The summed E-state index contributed by atoms with van der Waals surface area (Å²) in [6.07, 6.45) is 5.89. The van der Waals surface area contributed by atoms with Gasteiger partial charge < -0.3 is 15.3 Å². The molecule has 0 spiro atoms. The summed E-state index contributed by atoms with van der Waals surface area (Å²) < 4.78 is 95.0. The third kappa shape index (κ3) is 14.9. The van der Waals surface area contributed by atoms with E-state index in [9.17, 15) is 50.8 Å². The lowest BCUT2D eigenvalue weighted by molar-refractivity contribution is -0.138. The number of nitriles is 2. The maximum atomic E-state index is 14.4. The minimum atomic E-state index is -4.89. The predicted octanol–water partition coefficient (Wildman–Crippen LogP) is 12.3. The lowest BCUT2D eigenvalue weighted by atomic mass is 9.74. The highest BCUT2D eigenvalue weighted by Crippen LogP contribution is 2.39. The first-order chi connectivity index (χ1) is 32.5. The van der Waals surface area contributed by atoms with Crippen LogP contribution in [0, 0.1) is 63.7 Å². The van der Waals surface area contributed by atoms with Crippen molar-refractivity contribution < 1.29 is 45.4 Å². The highest BCUT2D eigenvalue weighted by Gasteiger charge is 2.40. The molecule has 11 nitrogen and oxygen atoms in total. The minimum absolute atomic E-state index is 0. The van der Waals surface area contributed by atoms with E-state index in [2.05, 4.69) is 37.4 Å². The van der Waals surface area contributed by atoms with Crippen LogP contribution >= 0.6 is 12.4 Å². The highest BCUT2D eigenvalue weighted by atomic mass is 35.5. The molecule has 382 valence electrons. The van der Waals surface area contributed by atoms with Crippen LogP contribution < -0.4 is 5.32 Å². The van der Waals surface area contributed by atoms with Gasteiger partial charge in [-0.1, -0.05) is 22.3 Å². The molecule has 2 saturated heterocycles. The summed E-state index contributed by atoms with van der Waals surface area (Å²) in [5.41, 5.74) is -0.276. The number of amides is 1. The van der Waals surface area contributed by atoms with Gasteiger partial charge in [0.15, 0.2) is 0 Å². The maximum Gasteiger partial charge on any atom is 0.416 e. The normalized spacial score (nSPS) is 14.2. The topological polar surface area (TPSA) is 169 Å². The Morgan fingerprint density at radius 2 is 1.07 bits per heavy atom. The van der Waals surface area contributed by atoms with Crippen molar-refractivity contribution in [2.45, 2.75) is 73.9 Å². The van der Waals surface area contributed by atoms with Crippen molar-refractivity contribution in [2.75, 3.05) is 26.2 Å². The van der Waals surface area contributed by atoms with Crippen LogP contribution in [0.15, 0.2) is 110 Å². The number of pyridine rings is 4. The van der Waals surface area contributed by atoms with Crippen LogP contribution in [0.2, 0.25) is 0 Å². The van der Waals surface area contributed by atoms with E-state index in [0.29, 0.717) is 40.9 Å². The number of aromatic carboxylic acids is 1. The maximum absolute atomic E-state index is 14.4. The zero-order valence-electron chi connectivity index (χ0n) is 36.9. The van der Waals surface area contributed by atoms with Crippen molar-refractivity contribution in [3.05, 3.63) is 167 Å². The smallest absolute Gasteiger partial charge is 0.416 e. The SMILES string of the molecule is C.C.C.Cc1cc(F)c(CC2(C#N)CCNCC2)c(F)c1.Cl.N#CC1(Cc2c(F)cc(C(F)(F)F)cc2F)CCN(C(=O)c2cccnc2-c2ccncc2)CC1.O=C(O)c1cccnc1-c1ccncc1. The Kier molecular flexibility index (Phi) is 22.6. The Labute approximate surface area is 421 Å². The molecule has 6 aromatic rings. The number of nitrogens with zero attached hydrogens (tertiary/aromatic N) is 7. The average Bonchev–Trinajstić information content (AvgIpc) is 3.34. The molecule has 0 bridgehead atoms. The van der Waals surface area contributed by atoms with E-state index < -0.39 is 63.8 Å². The lowest BCUT2D eigenvalue weighted by Crippen LogP contribution is -2.44. The van der Waals surface area contributed by atoms with Crippen LogP contribution in [0.4, 0.5) is 30.7 Å². The third-order valence-corrected chi connectivity index (χ3v) is 11.8. The van der Waals surface area contributed by atoms with Gasteiger partial charge in [0, 0.05) is 72.5 Å². The number of halogens is 8. The van der Waals surface area contributed by atoms with Gasteiger partial charge >= 0.3 is 12.1 Å². The van der Waals surface area contributed by atoms with Gasteiger partial charge in [-0.2, -0.15) is 23.7 Å². The fraction of sp³-hybridized carbons (Fsp3) is 0.321. The summed E-state index contributed by atoms with van der Waals surface area (Å²) in [6, 6.07) is 20.8. The molecule has 8 rings (SSSR count). The van der Waals surface area contributed by atoms with Crippen molar-refractivity contribution in [3.8, 4) is 34.7 Å². The number of carbonyl (C=O) groups is 2.